The Balaban J connectivity index is 1.93. The van der Waals surface area contributed by atoms with Crippen LogP contribution in [0.3, 0.4) is 0 Å². The summed E-state index contributed by atoms with van der Waals surface area (Å²) in [5.74, 6) is -0.820. The lowest BCUT2D eigenvalue weighted by atomic mass is 10.0. The van der Waals surface area contributed by atoms with E-state index < -0.39 is 6.04 Å². The number of aryl methyl sites for hydroxylation is 3. The zero-order valence-electron chi connectivity index (χ0n) is 16.8. The van der Waals surface area contributed by atoms with Crippen LogP contribution in [0, 0.1) is 20.8 Å². The van der Waals surface area contributed by atoms with Crippen LogP contribution in [0.2, 0.25) is 0 Å². The van der Waals surface area contributed by atoms with Gasteiger partial charge in [-0.25, -0.2) is 0 Å². The first-order chi connectivity index (χ1) is 13.3. The second-order valence-electron chi connectivity index (χ2n) is 6.97. The Labute approximate surface area is 165 Å². The molecule has 1 unspecified atom stereocenters. The van der Waals surface area contributed by atoms with E-state index in [1.165, 1.54) is 6.92 Å². The Morgan fingerprint density at radius 3 is 2.11 bits per heavy atom. The normalized spacial score (nSPS) is 11.4. The van der Waals surface area contributed by atoms with Gasteiger partial charge in [0.2, 0.25) is 17.7 Å². The van der Waals surface area contributed by atoms with E-state index in [0.29, 0.717) is 0 Å². The van der Waals surface area contributed by atoms with Crippen LogP contribution in [0.4, 0.5) is 5.69 Å². The first-order valence-electron chi connectivity index (χ1n) is 9.22. The number of carbonyl (C=O) groups excluding carboxylic acids is 3. The van der Waals surface area contributed by atoms with Crippen molar-refractivity contribution in [2.24, 2.45) is 0 Å². The van der Waals surface area contributed by atoms with Gasteiger partial charge in [-0.05, 0) is 37.5 Å². The molecule has 0 fully saturated rings. The van der Waals surface area contributed by atoms with Crippen molar-refractivity contribution in [2.75, 3.05) is 11.9 Å². The SMILES string of the molecule is CC(=O)NC(CC(=O)NCC(=O)Nc1c(C)cc(C)cc1C)c1ccccc1. The molecule has 2 rings (SSSR count). The van der Waals surface area contributed by atoms with Gasteiger partial charge in [0.15, 0.2) is 0 Å². The van der Waals surface area contributed by atoms with Gasteiger partial charge in [-0.2, -0.15) is 0 Å². The smallest absolute Gasteiger partial charge is 0.243 e. The number of hydrogen-bond acceptors (Lipinski definition) is 3. The first kappa shape index (κ1) is 21.2. The summed E-state index contributed by atoms with van der Waals surface area (Å²) in [6.07, 6.45) is 0.0550. The van der Waals surface area contributed by atoms with Crippen LogP contribution in [-0.2, 0) is 14.4 Å². The largest absolute Gasteiger partial charge is 0.349 e. The molecule has 0 aliphatic carbocycles. The third-order valence-electron chi connectivity index (χ3n) is 4.36. The predicted molar refractivity (Wildman–Crippen MR) is 110 cm³/mol. The molecule has 0 bridgehead atoms. The number of amides is 3. The summed E-state index contributed by atoms with van der Waals surface area (Å²) in [4.78, 5) is 36.0. The third-order valence-corrected chi connectivity index (χ3v) is 4.36. The molecule has 0 saturated carbocycles. The fourth-order valence-electron chi connectivity index (χ4n) is 3.18. The van der Waals surface area contributed by atoms with E-state index in [4.69, 9.17) is 0 Å². The van der Waals surface area contributed by atoms with Crippen molar-refractivity contribution in [3.05, 3.63) is 64.7 Å². The van der Waals surface area contributed by atoms with Crippen molar-refractivity contribution in [3.8, 4) is 0 Å². The van der Waals surface area contributed by atoms with Crippen LogP contribution < -0.4 is 16.0 Å². The summed E-state index contributed by atoms with van der Waals surface area (Å²) < 4.78 is 0. The molecule has 0 radical (unpaired) electrons. The Hall–Kier alpha value is -3.15. The molecule has 28 heavy (non-hydrogen) atoms. The second-order valence-corrected chi connectivity index (χ2v) is 6.97. The van der Waals surface area contributed by atoms with Gasteiger partial charge in [0.25, 0.3) is 0 Å². The molecule has 3 N–H and O–H groups in total. The fraction of sp³-hybridized carbons (Fsp3) is 0.318. The highest BCUT2D eigenvalue weighted by atomic mass is 16.2. The Bertz CT molecular complexity index is 840. The maximum absolute atomic E-state index is 12.3. The summed E-state index contributed by atoms with van der Waals surface area (Å²) in [5.41, 5.74) is 4.69. The molecule has 0 spiro atoms. The lowest BCUT2D eigenvalue weighted by Crippen LogP contribution is -2.36. The van der Waals surface area contributed by atoms with E-state index in [0.717, 1.165) is 27.9 Å². The lowest BCUT2D eigenvalue weighted by molar-refractivity contribution is -0.125. The molecular formula is C22H27N3O3. The van der Waals surface area contributed by atoms with Crippen molar-refractivity contribution in [1.29, 1.82) is 0 Å². The lowest BCUT2D eigenvalue weighted by Gasteiger charge is -2.18. The van der Waals surface area contributed by atoms with Gasteiger partial charge >= 0.3 is 0 Å². The molecule has 2 aromatic carbocycles. The topological polar surface area (TPSA) is 87.3 Å². The van der Waals surface area contributed by atoms with Crippen molar-refractivity contribution in [1.82, 2.24) is 10.6 Å². The maximum atomic E-state index is 12.3. The van der Waals surface area contributed by atoms with Gasteiger partial charge < -0.3 is 16.0 Å². The number of benzene rings is 2. The van der Waals surface area contributed by atoms with Crippen LogP contribution in [0.25, 0.3) is 0 Å². The van der Waals surface area contributed by atoms with Crippen LogP contribution >= 0.6 is 0 Å². The van der Waals surface area contributed by atoms with Gasteiger partial charge in [0, 0.05) is 12.6 Å². The van der Waals surface area contributed by atoms with Crippen LogP contribution in [-0.4, -0.2) is 24.3 Å². The zero-order valence-corrected chi connectivity index (χ0v) is 16.8. The number of rotatable bonds is 7. The molecule has 6 heteroatoms. The van der Waals surface area contributed by atoms with E-state index in [1.54, 1.807) is 0 Å². The Morgan fingerprint density at radius 2 is 1.54 bits per heavy atom. The average molecular weight is 381 g/mol. The van der Waals surface area contributed by atoms with E-state index in [1.807, 2.05) is 63.2 Å². The number of anilines is 1. The van der Waals surface area contributed by atoms with E-state index in [-0.39, 0.29) is 30.7 Å². The summed E-state index contributed by atoms with van der Waals surface area (Å²) >= 11 is 0. The summed E-state index contributed by atoms with van der Waals surface area (Å²) in [6.45, 7) is 7.16. The molecule has 0 aliphatic heterocycles. The second kappa shape index (κ2) is 9.69. The molecule has 148 valence electrons. The molecule has 0 aliphatic rings. The van der Waals surface area contributed by atoms with E-state index >= 15 is 0 Å². The fourth-order valence-corrected chi connectivity index (χ4v) is 3.18. The van der Waals surface area contributed by atoms with Crippen LogP contribution in [0.1, 0.15) is 41.6 Å². The molecular weight excluding hydrogens is 354 g/mol. The standard InChI is InChI=1S/C22H27N3O3/c1-14-10-15(2)22(16(3)11-14)25-21(28)13-23-20(27)12-19(24-17(4)26)18-8-6-5-7-9-18/h5-11,19H,12-13H2,1-4H3,(H,23,27)(H,24,26)(H,25,28). The number of hydrogen-bond donors (Lipinski definition) is 3. The van der Waals surface area contributed by atoms with Gasteiger partial charge in [-0.15, -0.1) is 0 Å². The highest BCUT2D eigenvalue weighted by Crippen LogP contribution is 2.21. The third kappa shape index (κ3) is 6.23. The zero-order chi connectivity index (χ0) is 20.7. The van der Waals surface area contributed by atoms with Crippen LogP contribution in [0.15, 0.2) is 42.5 Å². The highest BCUT2D eigenvalue weighted by Gasteiger charge is 2.17. The Kier molecular flexibility index (Phi) is 7.32. The molecule has 6 nitrogen and oxygen atoms in total. The van der Waals surface area contributed by atoms with Gasteiger partial charge in [0.05, 0.1) is 19.0 Å². The maximum Gasteiger partial charge on any atom is 0.243 e. The van der Waals surface area contributed by atoms with Gasteiger partial charge in [-0.3, -0.25) is 14.4 Å². The molecule has 0 saturated heterocycles. The summed E-state index contributed by atoms with van der Waals surface area (Å²) in [7, 11) is 0. The van der Waals surface area contributed by atoms with Crippen molar-refractivity contribution >= 4 is 23.4 Å². The van der Waals surface area contributed by atoms with E-state index in [2.05, 4.69) is 16.0 Å². The monoisotopic (exact) mass is 381 g/mol. The van der Waals surface area contributed by atoms with Crippen molar-refractivity contribution in [3.63, 3.8) is 0 Å². The minimum absolute atomic E-state index is 0.0550. The van der Waals surface area contributed by atoms with E-state index in [9.17, 15) is 14.4 Å². The molecule has 0 aromatic heterocycles. The summed E-state index contributed by atoms with van der Waals surface area (Å²) in [6, 6.07) is 12.8. The van der Waals surface area contributed by atoms with Crippen LogP contribution in [0.5, 0.6) is 0 Å². The number of nitrogens with one attached hydrogen (secondary N) is 3. The minimum Gasteiger partial charge on any atom is -0.349 e. The van der Waals surface area contributed by atoms with Crippen molar-refractivity contribution in [2.45, 2.75) is 40.2 Å². The first-order valence-corrected chi connectivity index (χ1v) is 9.22. The predicted octanol–water partition coefficient (Wildman–Crippen LogP) is 2.93. The summed E-state index contributed by atoms with van der Waals surface area (Å²) in [5, 5.41) is 8.25. The quantitative estimate of drug-likeness (QED) is 0.689. The molecule has 0 heterocycles. The average Bonchev–Trinajstić information content (AvgIpc) is 2.63. The minimum atomic E-state index is -0.441. The molecule has 1 atom stereocenters. The van der Waals surface area contributed by atoms with Gasteiger partial charge in [-0.1, -0.05) is 48.0 Å². The van der Waals surface area contributed by atoms with Gasteiger partial charge in [0.1, 0.15) is 0 Å². The molecule has 2 aromatic rings. The van der Waals surface area contributed by atoms with Crippen molar-refractivity contribution < 1.29 is 14.4 Å². The highest BCUT2D eigenvalue weighted by molar-refractivity contribution is 5.95. The number of carbonyl (C=O) groups is 3. The molecule has 3 amide bonds. The Morgan fingerprint density at radius 1 is 0.929 bits per heavy atom.